The summed E-state index contributed by atoms with van der Waals surface area (Å²) in [5, 5.41) is 8.52. The van der Waals surface area contributed by atoms with Crippen LogP contribution in [-0.2, 0) is 5.75 Å². The van der Waals surface area contributed by atoms with Gasteiger partial charge in [0.05, 0.1) is 12.8 Å². The van der Waals surface area contributed by atoms with Crippen molar-refractivity contribution in [3.63, 3.8) is 0 Å². The van der Waals surface area contributed by atoms with E-state index in [4.69, 9.17) is 9.15 Å². The van der Waals surface area contributed by atoms with Gasteiger partial charge in [-0.2, -0.15) is 0 Å². The van der Waals surface area contributed by atoms with E-state index in [1.165, 1.54) is 22.2 Å². The maximum atomic E-state index is 12.1. The summed E-state index contributed by atoms with van der Waals surface area (Å²) in [7, 11) is 1.61. The number of benzene rings is 1. The Morgan fingerprint density at radius 2 is 2.00 bits per heavy atom. The number of fused-ring (bicyclic) bond motifs is 1. The molecule has 0 aliphatic rings. The number of hydrogen-bond donors (Lipinski definition) is 0. The highest BCUT2D eigenvalue weighted by atomic mass is 32.2. The van der Waals surface area contributed by atoms with Crippen molar-refractivity contribution in [1.82, 2.24) is 19.6 Å². The summed E-state index contributed by atoms with van der Waals surface area (Å²) in [6.07, 6.45) is 1.70. The van der Waals surface area contributed by atoms with Gasteiger partial charge in [-0.25, -0.2) is 4.98 Å². The number of methoxy groups -OCH3 is 1. The van der Waals surface area contributed by atoms with Gasteiger partial charge in [-0.05, 0) is 36.4 Å². The van der Waals surface area contributed by atoms with Crippen LogP contribution in [0.3, 0.4) is 0 Å². The summed E-state index contributed by atoms with van der Waals surface area (Å²) in [5.74, 6) is 1.66. The van der Waals surface area contributed by atoms with Crippen molar-refractivity contribution in [1.29, 1.82) is 0 Å². The first-order valence-electron chi connectivity index (χ1n) is 7.81. The smallest absolute Gasteiger partial charge is 0.277 e. The van der Waals surface area contributed by atoms with Crippen LogP contribution < -0.4 is 10.3 Å². The molecule has 0 spiro atoms. The minimum absolute atomic E-state index is 0.115. The van der Waals surface area contributed by atoms with Gasteiger partial charge in [0.25, 0.3) is 10.8 Å². The number of ether oxygens (including phenoxy) is 1. The molecule has 0 radical (unpaired) electrons. The molecule has 0 N–H and O–H groups in total. The van der Waals surface area contributed by atoms with E-state index in [2.05, 4.69) is 15.2 Å². The molecule has 0 fully saturated rings. The molecule has 0 aliphatic carbocycles. The molecule has 7 nitrogen and oxygen atoms in total. The third kappa shape index (κ3) is 3.31. The first-order valence-corrected chi connectivity index (χ1v) is 8.79. The average molecular weight is 366 g/mol. The van der Waals surface area contributed by atoms with Gasteiger partial charge in [0, 0.05) is 23.6 Å². The highest BCUT2D eigenvalue weighted by Gasteiger charge is 2.10. The molecule has 3 aromatic heterocycles. The average Bonchev–Trinajstić information content (AvgIpc) is 3.15. The van der Waals surface area contributed by atoms with Gasteiger partial charge < -0.3 is 9.15 Å². The second-order valence-corrected chi connectivity index (χ2v) is 6.33. The second kappa shape index (κ2) is 7.01. The molecule has 0 aliphatic heterocycles. The number of rotatable bonds is 5. The van der Waals surface area contributed by atoms with Crippen molar-refractivity contribution in [2.24, 2.45) is 0 Å². The summed E-state index contributed by atoms with van der Waals surface area (Å²) < 4.78 is 12.3. The number of nitrogens with zero attached hydrogens (tertiary/aromatic N) is 4. The second-order valence-electron chi connectivity index (χ2n) is 5.40. The first-order chi connectivity index (χ1) is 12.7. The third-order valence-electron chi connectivity index (χ3n) is 3.71. The molecule has 1 aromatic carbocycles. The SMILES string of the molecule is COc1ccc(-c2nnc(SCc3cc(=O)n4ccccc4n3)o2)cc1. The Morgan fingerprint density at radius 3 is 2.81 bits per heavy atom. The molecule has 130 valence electrons. The molecule has 3 heterocycles. The molecule has 0 saturated heterocycles. The van der Waals surface area contributed by atoms with Crippen LogP contribution in [0.2, 0.25) is 0 Å². The Morgan fingerprint density at radius 1 is 1.15 bits per heavy atom. The molecular formula is C18H14N4O3S. The van der Waals surface area contributed by atoms with Crippen LogP contribution in [-0.4, -0.2) is 26.7 Å². The van der Waals surface area contributed by atoms with Crippen LogP contribution in [0, 0.1) is 0 Å². The van der Waals surface area contributed by atoms with Crippen molar-refractivity contribution in [3.05, 3.63) is 70.8 Å². The van der Waals surface area contributed by atoms with Crippen molar-refractivity contribution < 1.29 is 9.15 Å². The van der Waals surface area contributed by atoms with Gasteiger partial charge in [-0.1, -0.05) is 17.8 Å². The van der Waals surface area contributed by atoms with E-state index in [9.17, 15) is 4.79 Å². The fraction of sp³-hybridized carbons (Fsp3) is 0.111. The lowest BCUT2D eigenvalue weighted by Gasteiger charge is -2.02. The summed E-state index contributed by atoms with van der Waals surface area (Å²) in [5.41, 5.74) is 1.97. The molecule has 8 heteroatoms. The first kappa shape index (κ1) is 16.3. The lowest BCUT2D eigenvalue weighted by atomic mass is 10.2. The maximum absolute atomic E-state index is 12.1. The topological polar surface area (TPSA) is 82.5 Å². The van der Waals surface area contributed by atoms with Gasteiger partial charge >= 0.3 is 0 Å². The van der Waals surface area contributed by atoms with Gasteiger partial charge in [-0.3, -0.25) is 9.20 Å². The van der Waals surface area contributed by atoms with Crippen molar-refractivity contribution in [2.75, 3.05) is 7.11 Å². The minimum atomic E-state index is -0.115. The molecule has 0 saturated carbocycles. The van der Waals surface area contributed by atoms with Gasteiger partial charge in [0.15, 0.2) is 0 Å². The zero-order chi connectivity index (χ0) is 17.9. The van der Waals surface area contributed by atoms with Crippen molar-refractivity contribution in [3.8, 4) is 17.2 Å². The van der Waals surface area contributed by atoms with E-state index in [1.54, 1.807) is 25.4 Å². The predicted molar refractivity (Wildman–Crippen MR) is 97.3 cm³/mol. The zero-order valence-corrected chi connectivity index (χ0v) is 14.6. The largest absolute Gasteiger partial charge is 0.497 e. The Kier molecular flexibility index (Phi) is 4.40. The van der Waals surface area contributed by atoms with Crippen LogP contribution in [0.5, 0.6) is 5.75 Å². The molecule has 4 rings (SSSR count). The molecule has 0 unspecified atom stereocenters. The molecule has 0 amide bonds. The normalized spacial score (nSPS) is 11.0. The van der Waals surface area contributed by atoms with Gasteiger partial charge in [0.2, 0.25) is 5.89 Å². The number of pyridine rings is 1. The van der Waals surface area contributed by atoms with E-state index in [0.717, 1.165) is 11.3 Å². The quantitative estimate of drug-likeness (QED) is 0.502. The molecule has 26 heavy (non-hydrogen) atoms. The van der Waals surface area contributed by atoms with Crippen LogP contribution in [0.4, 0.5) is 0 Å². The van der Waals surface area contributed by atoms with E-state index in [0.29, 0.717) is 28.2 Å². The summed E-state index contributed by atoms with van der Waals surface area (Å²) >= 11 is 1.34. The lowest BCUT2D eigenvalue weighted by molar-refractivity contribution is 0.414. The highest BCUT2D eigenvalue weighted by Crippen LogP contribution is 2.26. The summed E-state index contributed by atoms with van der Waals surface area (Å²) in [6.45, 7) is 0. The van der Waals surface area contributed by atoms with Crippen LogP contribution in [0.25, 0.3) is 17.1 Å². The van der Waals surface area contributed by atoms with Crippen LogP contribution in [0.1, 0.15) is 5.69 Å². The van der Waals surface area contributed by atoms with E-state index in [-0.39, 0.29) is 5.56 Å². The molecular weight excluding hydrogens is 352 g/mol. The van der Waals surface area contributed by atoms with Crippen molar-refractivity contribution in [2.45, 2.75) is 11.0 Å². The fourth-order valence-corrected chi connectivity index (χ4v) is 3.09. The Balaban J connectivity index is 1.50. The Hall–Kier alpha value is -3.13. The Bertz CT molecular complexity index is 1110. The summed E-state index contributed by atoms with van der Waals surface area (Å²) in [4.78, 5) is 16.6. The predicted octanol–water partition coefficient (Wildman–Crippen LogP) is 3.05. The van der Waals surface area contributed by atoms with Crippen LogP contribution >= 0.6 is 11.8 Å². The highest BCUT2D eigenvalue weighted by molar-refractivity contribution is 7.98. The Labute approximate surface area is 152 Å². The maximum Gasteiger partial charge on any atom is 0.277 e. The fourth-order valence-electron chi connectivity index (χ4n) is 2.43. The van der Waals surface area contributed by atoms with Gasteiger partial charge in [-0.15, -0.1) is 10.2 Å². The molecule has 0 atom stereocenters. The minimum Gasteiger partial charge on any atom is -0.497 e. The standard InChI is InChI=1S/C18H14N4O3S/c1-24-14-7-5-12(6-8-14)17-20-21-18(25-17)26-11-13-10-16(23)22-9-3-2-4-15(22)19-13/h2-10H,11H2,1H3. The number of aromatic nitrogens is 4. The van der Waals surface area contributed by atoms with E-state index in [1.807, 2.05) is 30.3 Å². The number of thioether (sulfide) groups is 1. The lowest BCUT2D eigenvalue weighted by Crippen LogP contribution is -2.14. The van der Waals surface area contributed by atoms with Crippen molar-refractivity contribution >= 4 is 17.4 Å². The zero-order valence-electron chi connectivity index (χ0n) is 13.8. The third-order valence-corrected chi connectivity index (χ3v) is 4.56. The van der Waals surface area contributed by atoms with Gasteiger partial charge in [0.1, 0.15) is 11.4 Å². The molecule has 4 aromatic rings. The van der Waals surface area contributed by atoms with E-state index < -0.39 is 0 Å². The molecule has 0 bridgehead atoms. The number of hydrogen-bond acceptors (Lipinski definition) is 7. The monoisotopic (exact) mass is 366 g/mol. The summed E-state index contributed by atoms with van der Waals surface area (Å²) in [6, 6.07) is 14.3. The van der Waals surface area contributed by atoms with E-state index >= 15 is 0 Å². The van der Waals surface area contributed by atoms with Crippen LogP contribution in [0.15, 0.2) is 69.2 Å².